The lowest BCUT2D eigenvalue weighted by molar-refractivity contribution is 0.0343. The Bertz CT molecular complexity index is 525. The molecular formula is C16H20BrFN2O. The lowest BCUT2D eigenvalue weighted by Gasteiger charge is -2.35. The van der Waals surface area contributed by atoms with Crippen molar-refractivity contribution < 1.29 is 9.13 Å². The molecule has 0 radical (unpaired) electrons. The molecule has 3 heterocycles. The topological polar surface area (TPSA) is 25.4 Å². The van der Waals surface area contributed by atoms with E-state index in [4.69, 9.17) is 4.74 Å². The minimum atomic E-state index is -0.192. The van der Waals surface area contributed by atoms with E-state index >= 15 is 0 Å². The van der Waals surface area contributed by atoms with Crippen LogP contribution in [0.25, 0.3) is 0 Å². The zero-order chi connectivity index (χ0) is 14.8. The Labute approximate surface area is 133 Å². The normalized spacial score (nSPS) is 30.6. The highest BCUT2D eigenvalue weighted by molar-refractivity contribution is 9.09. The number of alkyl halides is 1. The van der Waals surface area contributed by atoms with Gasteiger partial charge in [0.15, 0.2) is 0 Å². The molecule has 4 unspecified atom stereocenters. The quantitative estimate of drug-likeness (QED) is 0.776. The van der Waals surface area contributed by atoms with Gasteiger partial charge >= 0.3 is 0 Å². The van der Waals surface area contributed by atoms with Crippen LogP contribution in [0.4, 0.5) is 4.39 Å². The fourth-order valence-electron chi connectivity index (χ4n) is 3.46. The fraction of sp³-hybridized carbons (Fsp3) is 0.562. The Morgan fingerprint density at radius 3 is 3.05 bits per heavy atom. The van der Waals surface area contributed by atoms with Crippen LogP contribution in [-0.2, 0) is 4.74 Å². The van der Waals surface area contributed by atoms with Crippen molar-refractivity contribution >= 4 is 15.9 Å². The Kier molecular flexibility index (Phi) is 4.60. The summed E-state index contributed by atoms with van der Waals surface area (Å²) in [6.45, 7) is 1.64. The van der Waals surface area contributed by atoms with Crippen molar-refractivity contribution in [1.29, 1.82) is 0 Å². The van der Waals surface area contributed by atoms with E-state index < -0.39 is 0 Å². The van der Waals surface area contributed by atoms with E-state index in [1.54, 1.807) is 12.3 Å². The molecule has 1 aromatic heterocycles. The molecule has 114 valence electrons. The molecular weight excluding hydrogens is 335 g/mol. The average Bonchev–Trinajstić information content (AvgIpc) is 2.88. The van der Waals surface area contributed by atoms with Crippen LogP contribution < -0.4 is 0 Å². The second-order valence-electron chi connectivity index (χ2n) is 5.91. The van der Waals surface area contributed by atoms with Gasteiger partial charge in [0.05, 0.1) is 5.69 Å². The van der Waals surface area contributed by atoms with E-state index in [-0.39, 0.29) is 16.7 Å². The lowest BCUT2D eigenvalue weighted by atomic mass is 9.75. The van der Waals surface area contributed by atoms with E-state index in [0.29, 0.717) is 17.5 Å². The van der Waals surface area contributed by atoms with Gasteiger partial charge in [-0.3, -0.25) is 4.98 Å². The minimum Gasteiger partial charge on any atom is -0.380 e. The largest absolute Gasteiger partial charge is 0.380 e. The highest BCUT2D eigenvalue weighted by atomic mass is 79.9. The highest BCUT2D eigenvalue weighted by Crippen LogP contribution is 2.42. The summed E-state index contributed by atoms with van der Waals surface area (Å²) in [4.78, 5) is 6.52. The van der Waals surface area contributed by atoms with Gasteiger partial charge in [-0.1, -0.05) is 22.0 Å². The van der Waals surface area contributed by atoms with Crippen molar-refractivity contribution in [1.82, 2.24) is 9.88 Å². The number of ether oxygens (including phenoxy) is 1. The summed E-state index contributed by atoms with van der Waals surface area (Å²) in [5.74, 6) is 0.607. The van der Waals surface area contributed by atoms with Crippen molar-refractivity contribution in [3.8, 4) is 0 Å². The van der Waals surface area contributed by atoms with Crippen LogP contribution in [0.2, 0.25) is 0 Å². The number of rotatable bonds is 3. The molecule has 2 aliphatic rings. The first-order chi connectivity index (χ1) is 10.1. The summed E-state index contributed by atoms with van der Waals surface area (Å²) in [6.07, 6.45) is 7.82. The van der Waals surface area contributed by atoms with Crippen molar-refractivity contribution in [3.63, 3.8) is 0 Å². The predicted octanol–water partition coefficient (Wildman–Crippen LogP) is 3.53. The third-order valence-electron chi connectivity index (χ3n) is 4.43. The maximum absolute atomic E-state index is 14.3. The van der Waals surface area contributed by atoms with Gasteiger partial charge < -0.3 is 9.64 Å². The molecule has 0 saturated carbocycles. The van der Waals surface area contributed by atoms with Gasteiger partial charge in [0, 0.05) is 38.2 Å². The molecule has 0 bridgehead atoms. The summed E-state index contributed by atoms with van der Waals surface area (Å²) in [6, 6.07) is 3.17. The van der Waals surface area contributed by atoms with Crippen LogP contribution in [0.3, 0.4) is 0 Å². The van der Waals surface area contributed by atoms with Gasteiger partial charge in [0.2, 0.25) is 0 Å². The van der Waals surface area contributed by atoms with E-state index in [9.17, 15) is 4.39 Å². The molecule has 4 atom stereocenters. The molecule has 1 aromatic rings. The molecule has 2 aliphatic heterocycles. The summed E-state index contributed by atoms with van der Waals surface area (Å²) in [5.41, 5.74) is 0.606. The Hall–Kier alpha value is -0.940. The van der Waals surface area contributed by atoms with Gasteiger partial charge in [0.25, 0.3) is 0 Å². The smallest absolute Gasteiger partial charge is 0.145 e. The molecule has 0 spiro atoms. The maximum Gasteiger partial charge on any atom is 0.145 e. The predicted molar refractivity (Wildman–Crippen MR) is 83.6 cm³/mol. The van der Waals surface area contributed by atoms with Crippen molar-refractivity contribution in [2.45, 2.75) is 23.8 Å². The van der Waals surface area contributed by atoms with Gasteiger partial charge in [0.1, 0.15) is 10.8 Å². The molecule has 3 rings (SSSR count). The van der Waals surface area contributed by atoms with Crippen molar-refractivity contribution in [2.24, 2.45) is 11.8 Å². The molecule has 0 amide bonds. The molecule has 1 saturated heterocycles. The SMILES string of the molecule is CN1C=CC(C(c2ncccc2F)C2CCOC(Br)C2)C1. The van der Waals surface area contributed by atoms with Gasteiger partial charge in [-0.2, -0.15) is 0 Å². The molecule has 3 nitrogen and oxygen atoms in total. The number of hydrogen-bond donors (Lipinski definition) is 0. The number of halogens is 2. The first-order valence-electron chi connectivity index (χ1n) is 7.40. The Morgan fingerprint density at radius 2 is 2.38 bits per heavy atom. The Balaban J connectivity index is 1.91. The summed E-state index contributed by atoms with van der Waals surface area (Å²) >= 11 is 3.54. The van der Waals surface area contributed by atoms with Gasteiger partial charge in [-0.05, 0) is 37.1 Å². The van der Waals surface area contributed by atoms with E-state index in [1.165, 1.54) is 6.07 Å². The fourth-order valence-corrected chi connectivity index (χ4v) is 4.13. The van der Waals surface area contributed by atoms with Crippen LogP contribution in [-0.4, -0.2) is 35.1 Å². The molecule has 5 heteroatoms. The summed E-state index contributed by atoms with van der Waals surface area (Å²) in [7, 11) is 2.06. The zero-order valence-electron chi connectivity index (χ0n) is 12.1. The number of aromatic nitrogens is 1. The van der Waals surface area contributed by atoms with E-state index in [1.807, 2.05) is 0 Å². The molecule has 0 N–H and O–H groups in total. The van der Waals surface area contributed by atoms with Gasteiger partial charge in [-0.25, -0.2) is 4.39 Å². The molecule has 21 heavy (non-hydrogen) atoms. The average molecular weight is 355 g/mol. The number of nitrogens with zero attached hydrogens (tertiary/aromatic N) is 2. The van der Waals surface area contributed by atoms with Crippen LogP contribution in [0, 0.1) is 17.7 Å². The number of hydrogen-bond acceptors (Lipinski definition) is 3. The maximum atomic E-state index is 14.3. The van der Waals surface area contributed by atoms with Crippen molar-refractivity contribution in [3.05, 3.63) is 42.1 Å². The molecule has 0 aliphatic carbocycles. The monoisotopic (exact) mass is 354 g/mol. The first kappa shape index (κ1) is 15.0. The molecule has 1 fully saturated rings. The van der Waals surface area contributed by atoms with E-state index in [2.05, 4.69) is 45.1 Å². The second kappa shape index (κ2) is 6.44. The summed E-state index contributed by atoms with van der Waals surface area (Å²) in [5, 5.41) is 0.0636. The lowest BCUT2D eigenvalue weighted by Crippen LogP contribution is -2.32. The van der Waals surface area contributed by atoms with Crippen molar-refractivity contribution in [2.75, 3.05) is 20.2 Å². The highest BCUT2D eigenvalue weighted by Gasteiger charge is 2.37. The zero-order valence-corrected chi connectivity index (χ0v) is 13.7. The number of pyridine rings is 1. The Morgan fingerprint density at radius 1 is 1.52 bits per heavy atom. The third-order valence-corrected chi connectivity index (χ3v) is 5.07. The first-order valence-corrected chi connectivity index (χ1v) is 8.31. The minimum absolute atomic E-state index is 0.0636. The second-order valence-corrected chi connectivity index (χ2v) is 6.93. The van der Waals surface area contributed by atoms with Crippen LogP contribution in [0.1, 0.15) is 24.5 Å². The van der Waals surface area contributed by atoms with Crippen LogP contribution in [0.15, 0.2) is 30.6 Å². The molecule has 0 aromatic carbocycles. The van der Waals surface area contributed by atoms with Crippen LogP contribution in [0.5, 0.6) is 0 Å². The van der Waals surface area contributed by atoms with Crippen LogP contribution >= 0.6 is 15.9 Å². The summed E-state index contributed by atoms with van der Waals surface area (Å²) < 4.78 is 19.9. The standard InChI is InChI=1S/C16H20BrFN2O/c1-20-7-4-12(10-20)15(11-5-8-21-14(17)9-11)16-13(18)3-2-6-19-16/h2-4,6-7,11-12,14-15H,5,8-10H2,1H3. The van der Waals surface area contributed by atoms with Gasteiger partial charge in [-0.15, -0.1) is 0 Å². The third kappa shape index (κ3) is 3.29. The van der Waals surface area contributed by atoms with E-state index in [0.717, 1.165) is 26.0 Å².